The summed E-state index contributed by atoms with van der Waals surface area (Å²) < 4.78 is 0. The van der Waals surface area contributed by atoms with Gasteiger partial charge in [-0.3, -0.25) is 0 Å². The minimum atomic E-state index is 0. The second-order valence-corrected chi connectivity index (χ2v) is 2.76. The maximum Gasteiger partial charge on any atom is 0.0227 e. The standard InChI is InChI=1S/C8H14N2.2C2H6.H2/c9-6-7-4-2-1-3-5-8(7)10;2*1-2;/h6,9H,1-5,10H2;2*1-2H3;1H. The summed E-state index contributed by atoms with van der Waals surface area (Å²) in [5.41, 5.74) is 7.71. The maximum atomic E-state index is 7.06. The van der Waals surface area contributed by atoms with E-state index in [1.165, 1.54) is 25.5 Å². The Balaban J connectivity index is -0.000000258. The highest BCUT2D eigenvalue weighted by molar-refractivity contribution is 5.76. The summed E-state index contributed by atoms with van der Waals surface area (Å²) in [7, 11) is 0. The molecule has 0 radical (unpaired) electrons. The van der Waals surface area contributed by atoms with Gasteiger partial charge in [-0.05, 0) is 31.3 Å². The van der Waals surface area contributed by atoms with Crippen LogP contribution in [0.2, 0.25) is 0 Å². The molecule has 1 rings (SSSR count). The number of hydrogen-bond acceptors (Lipinski definition) is 2. The SMILES string of the molecule is CC.CC.N=CC1=C(N)CCCCC1.[HH]. The maximum absolute atomic E-state index is 7.06. The normalized spacial score (nSPS) is 15.4. The summed E-state index contributed by atoms with van der Waals surface area (Å²) in [6, 6.07) is 0. The highest BCUT2D eigenvalue weighted by Crippen LogP contribution is 2.18. The van der Waals surface area contributed by atoms with Crippen molar-refractivity contribution in [2.75, 3.05) is 0 Å². The third-order valence-corrected chi connectivity index (χ3v) is 1.98. The molecule has 1 aliphatic rings. The Bertz CT molecular complexity index is 165. The molecule has 0 amide bonds. The zero-order chi connectivity index (χ0) is 11.4. The molecule has 1 aliphatic carbocycles. The van der Waals surface area contributed by atoms with Crippen LogP contribution in [0.25, 0.3) is 0 Å². The van der Waals surface area contributed by atoms with Gasteiger partial charge in [-0.25, -0.2) is 0 Å². The molecule has 0 aliphatic heterocycles. The van der Waals surface area contributed by atoms with Crippen LogP contribution in [0.4, 0.5) is 0 Å². The van der Waals surface area contributed by atoms with Crippen LogP contribution in [-0.4, -0.2) is 6.21 Å². The number of allylic oxidation sites excluding steroid dienone is 2. The molecule has 0 bridgehead atoms. The summed E-state index contributed by atoms with van der Waals surface area (Å²) in [4.78, 5) is 0. The zero-order valence-corrected chi connectivity index (χ0v) is 10.2. The largest absolute Gasteiger partial charge is 0.402 e. The molecule has 0 unspecified atom stereocenters. The molecule has 3 N–H and O–H groups in total. The van der Waals surface area contributed by atoms with Crippen LogP contribution in [0.1, 0.15) is 61.2 Å². The van der Waals surface area contributed by atoms with E-state index in [0.717, 1.165) is 24.1 Å². The molecular formula is C12H28N2. The van der Waals surface area contributed by atoms with Crippen LogP contribution in [0, 0.1) is 5.41 Å². The van der Waals surface area contributed by atoms with Crippen molar-refractivity contribution in [2.24, 2.45) is 5.73 Å². The minimum Gasteiger partial charge on any atom is -0.402 e. The van der Waals surface area contributed by atoms with E-state index in [1.54, 1.807) is 0 Å². The fourth-order valence-corrected chi connectivity index (χ4v) is 1.29. The smallest absolute Gasteiger partial charge is 0.0227 e. The molecule has 0 aromatic rings. The Morgan fingerprint density at radius 1 is 1.07 bits per heavy atom. The number of hydrogen-bond donors (Lipinski definition) is 2. The topological polar surface area (TPSA) is 49.9 Å². The van der Waals surface area contributed by atoms with Crippen molar-refractivity contribution in [2.45, 2.75) is 59.8 Å². The molecular weight excluding hydrogens is 172 g/mol. The lowest BCUT2D eigenvalue weighted by molar-refractivity contribution is 0.708. The quantitative estimate of drug-likeness (QED) is 0.615. The first kappa shape index (κ1) is 15.7. The van der Waals surface area contributed by atoms with Gasteiger partial charge in [0.05, 0.1) is 0 Å². The van der Waals surface area contributed by atoms with Crippen molar-refractivity contribution >= 4 is 6.21 Å². The van der Waals surface area contributed by atoms with Crippen molar-refractivity contribution in [1.82, 2.24) is 0 Å². The van der Waals surface area contributed by atoms with Crippen LogP contribution in [0.3, 0.4) is 0 Å². The molecule has 0 saturated heterocycles. The Morgan fingerprint density at radius 3 is 2.07 bits per heavy atom. The fraction of sp³-hybridized carbons (Fsp3) is 0.750. The van der Waals surface area contributed by atoms with Gasteiger partial charge in [-0.2, -0.15) is 0 Å². The van der Waals surface area contributed by atoms with E-state index in [9.17, 15) is 0 Å². The van der Waals surface area contributed by atoms with Gasteiger partial charge in [0, 0.05) is 13.3 Å². The van der Waals surface area contributed by atoms with Crippen LogP contribution in [-0.2, 0) is 0 Å². The first-order valence-electron chi connectivity index (χ1n) is 5.82. The molecule has 2 nitrogen and oxygen atoms in total. The van der Waals surface area contributed by atoms with Crippen molar-refractivity contribution in [3.63, 3.8) is 0 Å². The summed E-state index contributed by atoms with van der Waals surface area (Å²) in [5, 5.41) is 7.06. The van der Waals surface area contributed by atoms with Gasteiger partial charge in [0.15, 0.2) is 0 Å². The number of rotatable bonds is 1. The fourth-order valence-electron chi connectivity index (χ4n) is 1.29. The van der Waals surface area contributed by atoms with Crippen molar-refractivity contribution in [3.05, 3.63) is 11.3 Å². The minimum absolute atomic E-state index is 0. The number of nitrogens with one attached hydrogen (secondary N) is 1. The predicted octanol–water partition coefficient (Wildman–Crippen LogP) is 4.11. The van der Waals surface area contributed by atoms with Crippen LogP contribution < -0.4 is 5.73 Å². The summed E-state index contributed by atoms with van der Waals surface area (Å²) in [6.45, 7) is 8.00. The first-order valence-corrected chi connectivity index (χ1v) is 5.82. The molecule has 0 saturated carbocycles. The second-order valence-electron chi connectivity index (χ2n) is 2.76. The van der Waals surface area contributed by atoms with Gasteiger partial charge in [0.25, 0.3) is 0 Å². The summed E-state index contributed by atoms with van der Waals surface area (Å²) in [5.74, 6) is 0. The lowest BCUT2D eigenvalue weighted by Crippen LogP contribution is -2.01. The van der Waals surface area contributed by atoms with Crippen LogP contribution >= 0.6 is 0 Å². The van der Waals surface area contributed by atoms with Gasteiger partial charge in [-0.1, -0.05) is 34.1 Å². The van der Waals surface area contributed by atoms with Gasteiger partial charge >= 0.3 is 0 Å². The van der Waals surface area contributed by atoms with Crippen LogP contribution in [0.15, 0.2) is 11.3 Å². The van der Waals surface area contributed by atoms with Crippen LogP contribution in [0.5, 0.6) is 0 Å². The highest BCUT2D eigenvalue weighted by atomic mass is 14.6. The molecule has 0 atom stereocenters. The van der Waals surface area contributed by atoms with Gasteiger partial charge in [-0.15, -0.1) is 0 Å². The first-order chi connectivity index (χ1) is 6.84. The van der Waals surface area contributed by atoms with E-state index in [0.29, 0.717) is 0 Å². The molecule has 86 valence electrons. The Morgan fingerprint density at radius 2 is 1.57 bits per heavy atom. The van der Waals surface area contributed by atoms with E-state index in [-0.39, 0.29) is 1.43 Å². The molecule has 0 spiro atoms. The Labute approximate surface area is 90.6 Å². The summed E-state index contributed by atoms with van der Waals surface area (Å²) >= 11 is 0. The van der Waals surface area contributed by atoms with Gasteiger partial charge in [0.2, 0.25) is 0 Å². The molecule has 0 heterocycles. The highest BCUT2D eigenvalue weighted by Gasteiger charge is 2.05. The third-order valence-electron chi connectivity index (χ3n) is 1.98. The Hall–Kier alpha value is -0.790. The molecule has 14 heavy (non-hydrogen) atoms. The van der Waals surface area contributed by atoms with E-state index in [4.69, 9.17) is 11.1 Å². The molecule has 0 fully saturated rings. The predicted molar refractivity (Wildman–Crippen MR) is 67.9 cm³/mol. The lowest BCUT2D eigenvalue weighted by Gasteiger charge is -1.99. The molecule has 0 aromatic heterocycles. The van der Waals surface area contributed by atoms with Crippen molar-refractivity contribution in [3.8, 4) is 0 Å². The summed E-state index contributed by atoms with van der Waals surface area (Å²) in [6.07, 6.45) is 7.06. The van der Waals surface area contributed by atoms with E-state index < -0.39 is 0 Å². The average molecular weight is 200 g/mol. The number of nitrogens with two attached hydrogens (primary N) is 1. The lowest BCUT2D eigenvalue weighted by atomic mass is 10.1. The van der Waals surface area contributed by atoms with E-state index in [2.05, 4.69) is 0 Å². The second kappa shape index (κ2) is 12.2. The molecule has 2 heteroatoms. The van der Waals surface area contributed by atoms with Gasteiger partial charge < -0.3 is 11.1 Å². The van der Waals surface area contributed by atoms with Crippen molar-refractivity contribution in [1.29, 1.82) is 5.41 Å². The zero-order valence-electron chi connectivity index (χ0n) is 10.2. The van der Waals surface area contributed by atoms with E-state index >= 15 is 0 Å². The average Bonchev–Trinajstić information content (AvgIpc) is 2.48. The Kier molecular flexibility index (Phi) is 13.7. The van der Waals surface area contributed by atoms with E-state index in [1.807, 2.05) is 27.7 Å². The third kappa shape index (κ3) is 6.70. The molecule has 0 aromatic carbocycles. The van der Waals surface area contributed by atoms with Crippen molar-refractivity contribution < 1.29 is 1.43 Å². The van der Waals surface area contributed by atoms with Gasteiger partial charge in [0.1, 0.15) is 0 Å². The monoisotopic (exact) mass is 200 g/mol.